The lowest BCUT2D eigenvalue weighted by Crippen LogP contribution is -2.53. The topological polar surface area (TPSA) is 208 Å². The van der Waals surface area contributed by atoms with Crippen molar-refractivity contribution in [2.75, 3.05) is 27.4 Å². The number of hydrogen-bond donors (Lipinski definition) is 3. The Labute approximate surface area is 287 Å². The Morgan fingerprint density at radius 3 is 2.36 bits per heavy atom. The van der Waals surface area contributed by atoms with Gasteiger partial charge in [-0.15, -0.1) is 0 Å². The van der Waals surface area contributed by atoms with E-state index in [0.717, 1.165) is 5.56 Å². The van der Waals surface area contributed by atoms with E-state index in [1.807, 2.05) is 6.07 Å². The number of carbonyl (C=O) groups is 1. The number of carbonyl (C=O) groups excluding carboxylic acids is 1. The molecule has 0 unspecified atom stereocenters. The average Bonchev–Trinajstić information content (AvgIpc) is 3.53. The predicted octanol–water partition coefficient (Wildman–Crippen LogP) is 6.67. The van der Waals surface area contributed by atoms with Crippen molar-refractivity contribution in [1.29, 1.82) is 0 Å². The maximum atomic E-state index is 14.6. The van der Waals surface area contributed by atoms with Crippen LogP contribution in [0.3, 0.4) is 0 Å². The number of benzene rings is 4. The molecule has 3 N–H and O–H groups in total. The minimum absolute atomic E-state index is 0.0114. The Hall–Kier alpha value is -6.24. The first-order chi connectivity index (χ1) is 24.5. The van der Waals surface area contributed by atoms with Gasteiger partial charge in [0.1, 0.15) is 5.75 Å². The first-order valence-electron chi connectivity index (χ1n) is 15.6. The number of nitrogens with zero attached hydrogens (tertiary/aromatic N) is 7. The van der Waals surface area contributed by atoms with Crippen LogP contribution in [0.15, 0.2) is 106 Å². The van der Waals surface area contributed by atoms with Crippen LogP contribution in [0, 0.1) is 0 Å². The number of hydrogen-bond acceptors (Lipinski definition) is 10. The Kier molecular flexibility index (Phi) is 11.7. The highest BCUT2D eigenvalue weighted by molar-refractivity contribution is 6.01. The second-order valence-electron chi connectivity index (χ2n) is 11.0. The van der Waals surface area contributed by atoms with E-state index >= 15 is 0 Å². The number of azide groups is 2. The molecule has 5 rings (SSSR count). The standard InChI is InChI=1S/C35H35N9O6/c1-47-30-17-12-23(20-31(30)48-2)22-38-42-34(46)35(21-25-8-3-5-10-28(25)40-43-36)32(27-9-4-6-11-29(27)41-44-37)50-33(39-35)24-13-15-26(16-14-24)49-19-7-18-45/h3-6,8-17,20,32,38,45H,7,18-19,21-22H2,1-2H3,(H,42,46)/t32-,35-/m0/s1. The lowest BCUT2D eigenvalue weighted by molar-refractivity contribution is -0.130. The zero-order valence-corrected chi connectivity index (χ0v) is 27.4. The van der Waals surface area contributed by atoms with Crippen LogP contribution in [0.1, 0.15) is 34.8 Å². The highest BCUT2D eigenvalue weighted by Gasteiger charge is 2.54. The molecule has 15 heteroatoms. The summed E-state index contributed by atoms with van der Waals surface area (Å²) in [7, 11) is 3.09. The van der Waals surface area contributed by atoms with E-state index in [0.29, 0.717) is 52.7 Å². The zero-order chi connectivity index (χ0) is 35.3. The SMILES string of the molecule is COc1ccc(CNNC(=O)[C@@]2(Cc3ccccc3N=[N+]=[N-])N=C(c3ccc(OCCCO)cc3)O[C@H]2c2ccccc2N=[N+]=[N-])cc1OC. The van der Waals surface area contributed by atoms with Gasteiger partial charge in [-0.1, -0.05) is 64.8 Å². The van der Waals surface area contributed by atoms with E-state index < -0.39 is 17.6 Å². The fraction of sp³-hybridized carbons (Fsp3) is 0.257. The lowest BCUT2D eigenvalue weighted by Gasteiger charge is -2.31. The van der Waals surface area contributed by atoms with Gasteiger partial charge >= 0.3 is 0 Å². The molecule has 4 aromatic carbocycles. The van der Waals surface area contributed by atoms with E-state index in [1.54, 1.807) is 92.0 Å². The second-order valence-corrected chi connectivity index (χ2v) is 11.0. The number of aliphatic imine (C=N–C) groups is 1. The van der Waals surface area contributed by atoms with Crippen molar-refractivity contribution in [2.45, 2.75) is 31.0 Å². The molecule has 1 aliphatic rings. The fourth-order valence-corrected chi connectivity index (χ4v) is 5.53. The average molecular weight is 678 g/mol. The van der Waals surface area contributed by atoms with Crippen molar-refractivity contribution >= 4 is 23.2 Å². The number of aliphatic hydroxyl groups excluding tert-OH is 1. The Balaban J connectivity index is 1.59. The Bertz CT molecular complexity index is 1940. The van der Waals surface area contributed by atoms with Crippen molar-refractivity contribution in [3.8, 4) is 17.2 Å². The number of methoxy groups -OCH3 is 2. The zero-order valence-electron chi connectivity index (χ0n) is 27.4. The van der Waals surface area contributed by atoms with Crippen LogP contribution in [0.25, 0.3) is 20.9 Å². The number of ether oxygens (including phenoxy) is 4. The van der Waals surface area contributed by atoms with Crippen molar-refractivity contribution in [1.82, 2.24) is 10.9 Å². The molecule has 0 radical (unpaired) electrons. The normalized spacial score (nSPS) is 16.2. The molecule has 1 amide bonds. The molecule has 4 aromatic rings. The minimum atomic E-state index is -1.71. The third-order valence-electron chi connectivity index (χ3n) is 7.95. The van der Waals surface area contributed by atoms with Crippen LogP contribution in [0.4, 0.5) is 11.4 Å². The Morgan fingerprint density at radius 1 is 0.940 bits per heavy atom. The van der Waals surface area contributed by atoms with Crippen molar-refractivity contribution in [2.24, 2.45) is 15.2 Å². The number of nitrogens with one attached hydrogen (secondary N) is 2. The first kappa shape index (κ1) is 35.1. The van der Waals surface area contributed by atoms with Gasteiger partial charge in [-0.05, 0) is 58.6 Å². The molecular formula is C35H35N9O6. The quantitative estimate of drug-likeness (QED) is 0.0385. The summed E-state index contributed by atoms with van der Waals surface area (Å²) in [4.78, 5) is 25.6. The summed E-state index contributed by atoms with van der Waals surface area (Å²) in [6.45, 7) is 0.569. The van der Waals surface area contributed by atoms with Gasteiger partial charge in [-0.3, -0.25) is 10.2 Å². The first-order valence-corrected chi connectivity index (χ1v) is 15.6. The number of aliphatic hydroxyl groups is 1. The monoisotopic (exact) mass is 677 g/mol. The molecule has 256 valence electrons. The van der Waals surface area contributed by atoms with Crippen molar-refractivity contribution < 1.29 is 28.8 Å². The summed E-state index contributed by atoms with van der Waals surface area (Å²) in [5.41, 5.74) is 25.7. The van der Waals surface area contributed by atoms with Crippen LogP contribution in [-0.2, 0) is 22.5 Å². The van der Waals surface area contributed by atoms with Crippen LogP contribution < -0.4 is 25.1 Å². The maximum absolute atomic E-state index is 14.6. The van der Waals surface area contributed by atoms with E-state index in [-0.39, 0.29) is 31.2 Å². The summed E-state index contributed by atoms with van der Waals surface area (Å²) in [5, 5.41) is 16.8. The molecule has 0 saturated heterocycles. The number of hydrazine groups is 1. The van der Waals surface area contributed by atoms with E-state index in [9.17, 15) is 15.9 Å². The lowest BCUT2D eigenvalue weighted by atomic mass is 9.81. The molecule has 0 saturated carbocycles. The number of amides is 1. The number of rotatable bonds is 16. The molecule has 2 atom stereocenters. The molecule has 0 fully saturated rings. The third-order valence-corrected chi connectivity index (χ3v) is 7.95. The largest absolute Gasteiger partial charge is 0.494 e. The van der Waals surface area contributed by atoms with E-state index in [2.05, 4.69) is 30.9 Å². The summed E-state index contributed by atoms with van der Waals surface area (Å²) in [6, 6.07) is 26.0. The summed E-state index contributed by atoms with van der Waals surface area (Å²) < 4.78 is 23.0. The van der Waals surface area contributed by atoms with Gasteiger partial charge in [0.05, 0.1) is 20.8 Å². The van der Waals surface area contributed by atoms with Gasteiger partial charge in [0.2, 0.25) is 5.90 Å². The van der Waals surface area contributed by atoms with Gasteiger partial charge in [-0.2, -0.15) is 0 Å². The van der Waals surface area contributed by atoms with Crippen LogP contribution in [0.2, 0.25) is 0 Å². The molecule has 1 aliphatic heterocycles. The highest BCUT2D eigenvalue weighted by Crippen LogP contribution is 2.46. The summed E-state index contributed by atoms with van der Waals surface area (Å²) in [5.74, 6) is 1.27. The highest BCUT2D eigenvalue weighted by atomic mass is 16.5. The van der Waals surface area contributed by atoms with Gasteiger partial charge in [0, 0.05) is 58.3 Å². The molecule has 15 nitrogen and oxygen atoms in total. The molecule has 50 heavy (non-hydrogen) atoms. The predicted molar refractivity (Wildman–Crippen MR) is 185 cm³/mol. The Morgan fingerprint density at radius 2 is 1.64 bits per heavy atom. The van der Waals surface area contributed by atoms with E-state index in [4.69, 9.17) is 29.0 Å². The second kappa shape index (κ2) is 16.7. The minimum Gasteiger partial charge on any atom is -0.494 e. The molecule has 0 spiro atoms. The third kappa shape index (κ3) is 7.89. The van der Waals surface area contributed by atoms with Gasteiger partial charge in [-0.25, -0.2) is 10.4 Å². The van der Waals surface area contributed by atoms with Crippen LogP contribution in [0.5, 0.6) is 17.2 Å². The fourth-order valence-electron chi connectivity index (χ4n) is 5.53. The molecule has 1 heterocycles. The smallest absolute Gasteiger partial charge is 0.266 e. The molecule has 0 bridgehead atoms. The molecule has 0 aromatic heterocycles. The van der Waals surface area contributed by atoms with Crippen LogP contribution >= 0.6 is 0 Å². The summed E-state index contributed by atoms with van der Waals surface area (Å²) >= 11 is 0. The van der Waals surface area contributed by atoms with Crippen molar-refractivity contribution in [3.05, 3.63) is 134 Å². The van der Waals surface area contributed by atoms with Crippen LogP contribution in [-0.4, -0.2) is 49.9 Å². The summed E-state index contributed by atoms with van der Waals surface area (Å²) in [6.07, 6.45) is -0.673. The van der Waals surface area contributed by atoms with E-state index in [1.165, 1.54) is 7.11 Å². The molecule has 0 aliphatic carbocycles. The van der Waals surface area contributed by atoms with Gasteiger partial charge in [0.25, 0.3) is 5.91 Å². The maximum Gasteiger partial charge on any atom is 0.266 e. The van der Waals surface area contributed by atoms with Crippen molar-refractivity contribution in [3.63, 3.8) is 0 Å². The molecular weight excluding hydrogens is 642 g/mol. The van der Waals surface area contributed by atoms with Gasteiger partial charge < -0.3 is 24.1 Å². The van der Waals surface area contributed by atoms with Gasteiger partial charge in [0.15, 0.2) is 23.1 Å².